The number of carbonyl (C=O) groups is 2. The highest BCUT2D eigenvalue weighted by atomic mass is 35.5. The molecule has 0 spiro atoms. The van der Waals surface area contributed by atoms with E-state index in [0.29, 0.717) is 22.0 Å². The molecular weight excluding hydrogens is 402 g/mol. The van der Waals surface area contributed by atoms with Crippen LogP contribution in [0.5, 0.6) is 0 Å². The summed E-state index contributed by atoms with van der Waals surface area (Å²) in [6.07, 6.45) is 1.57. The maximum atomic E-state index is 13.3. The van der Waals surface area contributed by atoms with E-state index in [0.717, 1.165) is 4.57 Å². The van der Waals surface area contributed by atoms with Crippen LogP contribution in [0.3, 0.4) is 0 Å². The number of nitrogens with zero attached hydrogens (tertiary/aromatic N) is 3. The Morgan fingerprint density at radius 3 is 2.43 bits per heavy atom. The summed E-state index contributed by atoms with van der Waals surface area (Å²) >= 11 is 7.42. The van der Waals surface area contributed by atoms with Gasteiger partial charge in [-0.25, -0.2) is 9.78 Å². The Balaban J connectivity index is 2.17. The van der Waals surface area contributed by atoms with Crippen molar-refractivity contribution in [1.29, 1.82) is 0 Å². The van der Waals surface area contributed by atoms with Crippen LogP contribution in [0.2, 0.25) is 5.02 Å². The Kier molecular flexibility index (Phi) is 4.20. The van der Waals surface area contributed by atoms with Gasteiger partial charge >= 0.3 is 5.69 Å². The van der Waals surface area contributed by atoms with Crippen molar-refractivity contribution in [2.75, 3.05) is 0 Å². The second-order valence-electron chi connectivity index (χ2n) is 6.42. The van der Waals surface area contributed by atoms with E-state index in [4.69, 9.17) is 11.6 Å². The number of hydrogen-bond acceptors (Lipinski definition) is 6. The van der Waals surface area contributed by atoms with Gasteiger partial charge in [0.1, 0.15) is 5.65 Å². The molecule has 0 unspecified atom stereocenters. The molecule has 4 rings (SSSR count). The quantitative estimate of drug-likeness (QED) is 0.640. The van der Waals surface area contributed by atoms with Crippen LogP contribution in [-0.4, -0.2) is 25.7 Å². The van der Waals surface area contributed by atoms with E-state index in [9.17, 15) is 19.2 Å². The fourth-order valence-electron chi connectivity index (χ4n) is 3.44. The molecule has 0 radical (unpaired) electrons. The van der Waals surface area contributed by atoms with Crippen LogP contribution in [0.25, 0.3) is 16.6 Å². The molecule has 0 saturated heterocycles. The minimum Gasteiger partial charge on any atom is -0.289 e. The zero-order valence-corrected chi connectivity index (χ0v) is 16.8. The molecule has 3 aromatic rings. The highest BCUT2D eigenvalue weighted by Crippen LogP contribution is 2.37. The van der Waals surface area contributed by atoms with Crippen LogP contribution in [0.4, 0.5) is 0 Å². The monoisotopic (exact) mass is 415 g/mol. The number of aromatic nitrogens is 3. The lowest BCUT2D eigenvalue weighted by atomic mass is 9.85. The number of halogens is 1. The fourth-order valence-corrected chi connectivity index (χ4v) is 4.61. The van der Waals surface area contributed by atoms with Crippen molar-refractivity contribution in [2.24, 2.45) is 14.1 Å². The number of rotatable bonds is 2. The van der Waals surface area contributed by atoms with Gasteiger partial charge in [-0.3, -0.25) is 23.5 Å². The summed E-state index contributed by atoms with van der Waals surface area (Å²) in [5, 5.41) is 2.09. The Bertz CT molecular complexity index is 1360. The van der Waals surface area contributed by atoms with Crippen molar-refractivity contribution < 1.29 is 9.59 Å². The molecule has 7 nitrogen and oxygen atoms in total. The van der Waals surface area contributed by atoms with Gasteiger partial charge in [0.2, 0.25) is 0 Å². The molecule has 0 amide bonds. The highest BCUT2D eigenvalue weighted by Gasteiger charge is 2.34. The maximum Gasteiger partial charge on any atom is 0.332 e. The first kappa shape index (κ1) is 18.5. The summed E-state index contributed by atoms with van der Waals surface area (Å²) in [4.78, 5) is 56.3. The smallest absolute Gasteiger partial charge is 0.289 e. The average molecular weight is 416 g/mol. The number of Topliss-reactive ketones (excluding diaryl/α,β-unsaturated/α-hetero) is 1. The second kappa shape index (κ2) is 6.35. The summed E-state index contributed by atoms with van der Waals surface area (Å²) in [5.41, 5.74) is -0.453. The number of thiophene rings is 1. The zero-order chi connectivity index (χ0) is 20.3. The third-order valence-corrected chi connectivity index (χ3v) is 6.23. The molecule has 0 bridgehead atoms. The molecule has 0 saturated carbocycles. The van der Waals surface area contributed by atoms with Gasteiger partial charge in [0.05, 0.1) is 32.1 Å². The lowest BCUT2D eigenvalue weighted by Crippen LogP contribution is -2.39. The molecule has 9 heteroatoms. The SMILES string of the molecule is CCc1nc2c(c3c1C(=O)C(c1sccc1Cl)=CC3=O)c(=O)n(C)c(=O)n2C. The molecule has 0 aliphatic heterocycles. The van der Waals surface area contributed by atoms with E-state index in [1.165, 1.54) is 36.1 Å². The number of fused-ring (bicyclic) bond motifs is 3. The first-order chi connectivity index (χ1) is 13.3. The van der Waals surface area contributed by atoms with Gasteiger partial charge in [-0.1, -0.05) is 18.5 Å². The molecular formula is C19H14ClN3O4S. The second-order valence-corrected chi connectivity index (χ2v) is 7.74. The minimum atomic E-state index is -0.656. The summed E-state index contributed by atoms with van der Waals surface area (Å²) < 4.78 is 2.12. The predicted octanol–water partition coefficient (Wildman–Crippen LogP) is 2.37. The highest BCUT2D eigenvalue weighted by molar-refractivity contribution is 7.12. The van der Waals surface area contributed by atoms with Crippen molar-refractivity contribution in [3.05, 3.63) is 65.1 Å². The third kappa shape index (κ3) is 2.38. The maximum absolute atomic E-state index is 13.3. The Hall–Kier alpha value is -2.84. The number of allylic oxidation sites excluding steroid dienone is 2. The minimum absolute atomic E-state index is 0.000483. The van der Waals surface area contributed by atoms with E-state index in [2.05, 4.69) is 4.98 Å². The molecule has 0 fully saturated rings. The molecule has 3 heterocycles. The Morgan fingerprint density at radius 1 is 1.11 bits per heavy atom. The normalized spacial score (nSPS) is 13.8. The molecule has 3 aromatic heterocycles. The van der Waals surface area contributed by atoms with Gasteiger partial charge in [-0.15, -0.1) is 11.3 Å². The molecule has 28 heavy (non-hydrogen) atoms. The van der Waals surface area contributed by atoms with Gasteiger partial charge in [0.25, 0.3) is 5.56 Å². The third-order valence-electron chi connectivity index (χ3n) is 4.85. The van der Waals surface area contributed by atoms with Gasteiger partial charge in [-0.2, -0.15) is 0 Å². The van der Waals surface area contributed by atoms with Gasteiger partial charge in [0.15, 0.2) is 11.6 Å². The van der Waals surface area contributed by atoms with Gasteiger partial charge < -0.3 is 0 Å². The molecule has 1 aliphatic rings. The lowest BCUT2D eigenvalue weighted by Gasteiger charge is -2.20. The molecule has 0 aromatic carbocycles. The van der Waals surface area contributed by atoms with Crippen LogP contribution >= 0.6 is 22.9 Å². The summed E-state index contributed by atoms with van der Waals surface area (Å²) in [6, 6.07) is 1.65. The molecule has 0 atom stereocenters. The summed E-state index contributed by atoms with van der Waals surface area (Å²) in [5.74, 6) is -0.881. The van der Waals surface area contributed by atoms with Crippen LogP contribution < -0.4 is 11.2 Å². The van der Waals surface area contributed by atoms with E-state index in [1.807, 2.05) is 0 Å². The largest absolute Gasteiger partial charge is 0.332 e. The average Bonchev–Trinajstić information content (AvgIpc) is 3.11. The van der Waals surface area contributed by atoms with Crippen molar-refractivity contribution in [2.45, 2.75) is 13.3 Å². The van der Waals surface area contributed by atoms with E-state index < -0.39 is 22.8 Å². The van der Waals surface area contributed by atoms with E-state index in [-0.39, 0.29) is 27.7 Å². The molecule has 0 N–H and O–H groups in total. The Morgan fingerprint density at radius 2 is 1.82 bits per heavy atom. The summed E-state index contributed by atoms with van der Waals surface area (Å²) in [6.45, 7) is 1.79. The standard InChI is InChI=1S/C19H14ClN3O4S/c1-4-10-12-13(14-17(21-10)22(2)19(27)23(3)18(14)26)11(24)7-8(15(12)25)16-9(20)5-6-28-16/h5-7H,4H2,1-3H3. The van der Waals surface area contributed by atoms with Crippen LogP contribution in [-0.2, 0) is 20.5 Å². The lowest BCUT2D eigenvalue weighted by molar-refractivity contribution is 0.100. The number of aryl methyl sites for hydroxylation is 2. The molecule has 1 aliphatic carbocycles. The zero-order valence-electron chi connectivity index (χ0n) is 15.2. The first-order valence-electron chi connectivity index (χ1n) is 8.44. The van der Waals surface area contributed by atoms with Crippen molar-refractivity contribution in [1.82, 2.24) is 14.1 Å². The van der Waals surface area contributed by atoms with E-state index >= 15 is 0 Å². The van der Waals surface area contributed by atoms with E-state index in [1.54, 1.807) is 18.4 Å². The van der Waals surface area contributed by atoms with Crippen LogP contribution in [0.15, 0.2) is 27.1 Å². The molecule has 142 valence electrons. The topological polar surface area (TPSA) is 91.0 Å². The fraction of sp³-hybridized carbons (Fsp3) is 0.211. The summed E-state index contributed by atoms with van der Waals surface area (Å²) in [7, 11) is 2.80. The first-order valence-corrected chi connectivity index (χ1v) is 9.70. The van der Waals surface area contributed by atoms with Gasteiger partial charge in [-0.05, 0) is 23.9 Å². The number of carbonyl (C=O) groups excluding carboxylic acids is 2. The van der Waals surface area contributed by atoms with Crippen LogP contribution in [0.1, 0.15) is 38.2 Å². The van der Waals surface area contributed by atoms with Gasteiger partial charge in [0, 0.05) is 19.7 Å². The Labute approximate surface area is 167 Å². The number of ketones is 2. The van der Waals surface area contributed by atoms with Crippen molar-refractivity contribution >= 4 is 51.1 Å². The van der Waals surface area contributed by atoms with Crippen LogP contribution in [0, 0.1) is 0 Å². The number of hydrogen-bond donors (Lipinski definition) is 0. The van der Waals surface area contributed by atoms with Crippen molar-refractivity contribution in [3.63, 3.8) is 0 Å². The number of pyridine rings is 1. The predicted molar refractivity (Wildman–Crippen MR) is 108 cm³/mol. The van der Waals surface area contributed by atoms with Crippen molar-refractivity contribution in [3.8, 4) is 0 Å².